The molecule has 0 amide bonds. The molecule has 92 valence electrons. The maximum absolute atomic E-state index is 13.2. The topological polar surface area (TPSA) is 56.0 Å². The Hall–Kier alpha value is -1.47. The summed E-state index contributed by atoms with van der Waals surface area (Å²) in [6.45, 7) is 0. The van der Waals surface area contributed by atoms with Crippen LogP contribution in [-0.2, 0) is 0 Å². The zero-order chi connectivity index (χ0) is 13.1. The van der Waals surface area contributed by atoms with Crippen LogP contribution in [0.1, 0.15) is 0 Å². The molecular weight excluding hydrogens is 323 g/mol. The largest absolute Gasteiger partial charge is 0.273 e. The normalized spacial score (nSPS) is 10.3. The lowest BCUT2D eigenvalue weighted by Crippen LogP contribution is -1.90. The number of pyridine rings is 1. The van der Waals surface area contributed by atoms with E-state index in [4.69, 9.17) is 0 Å². The fourth-order valence-electron chi connectivity index (χ4n) is 1.26. The molecule has 0 aliphatic carbocycles. The van der Waals surface area contributed by atoms with E-state index in [2.05, 4.69) is 20.9 Å². The van der Waals surface area contributed by atoms with Gasteiger partial charge in [-0.15, -0.1) is 0 Å². The first kappa shape index (κ1) is 13.0. The van der Waals surface area contributed by atoms with E-state index in [9.17, 15) is 14.5 Å². The monoisotopic (exact) mass is 328 g/mol. The Kier molecular flexibility index (Phi) is 3.93. The molecule has 0 radical (unpaired) electrons. The lowest BCUT2D eigenvalue weighted by Gasteiger charge is -2.01. The van der Waals surface area contributed by atoms with Crippen LogP contribution in [0.25, 0.3) is 0 Å². The minimum absolute atomic E-state index is 0.269. The van der Waals surface area contributed by atoms with E-state index in [0.29, 0.717) is 9.92 Å². The first-order chi connectivity index (χ1) is 8.54. The number of non-ortho nitro benzene ring substituents is 1. The van der Waals surface area contributed by atoms with E-state index >= 15 is 0 Å². The molecule has 0 unspecified atom stereocenters. The van der Waals surface area contributed by atoms with Crippen molar-refractivity contribution in [2.75, 3.05) is 0 Å². The highest BCUT2D eigenvalue weighted by atomic mass is 79.9. The molecule has 7 heteroatoms. The third kappa shape index (κ3) is 3.27. The first-order valence-corrected chi connectivity index (χ1v) is 6.40. The van der Waals surface area contributed by atoms with Gasteiger partial charge in [-0.25, -0.2) is 9.37 Å². The van der Waals surface area contributed by atoms with Crippen molar-refractivity contribution in [1.29, 1.82) is 0 Å². The van der Waals surface area contributed by atoms with Crippen molar-refractivity contribution in [3.8, 4) is 0 Å². The van der Waals surface area contributed by atoms with Gasteiger partial charge in [0, 0.05) is 21.6 Å². The summed E-state index contributed by atoms with van der Waals surface area (Å²) in [6.07, 6.45) is 1.61. The van der Waals surface area contributed by atoms with Crippen molar-refractivity contribution < 1.29 is 9.31 Å². The second kappa shape index (κ2) is 5.45. The zero-order valence-corrected chi connectivity index (χ0v) is 11.2. The SMILES string of the molecule is O=[N+]([O-])c1cc(F)cc(Sc2ccc(Br)cn2)c1. The predicted octanol–water partition coefficient (Wildman–Crippen LogP) is 4.04. The summed E-state index contributed by atoms with van der Waals surface area (Å²) in [5.74, 6) is -0.635. The highest BCUT2D eigenvalue weighted by molar-refractivity contribution is 9.10. The average Bonchev–Trinajstić information content (AvgIpc) is 2.31. The van der Waals surface area contributed by atoms with Crippen molar-refractivity contribution in [1.82, 2.24) is 4.98 Å². The maximum atomic E-state index is 13.2. The van der Waals surface area contributed by atoms with E-state index < -0.39 is 10.7 Å². The number of nitro groups is 1. The number of nitro benzene ring substituents is 1. The van der Waals surface area contributed by atoms with Crippen LogP contribution in [0.5, 0.6) is 0 Å². The first-order valence-electron chi connectivity index (χ1n) is 4.79. The van der Waals surface area contributed by atoms with E-state index in [1.165, 1.54) is 23.9 Å². The molecule has 0 atom stereocenters. The third-order valence-corrected chi connectivity index (χ3v) is 3.38. The number of hydrogen-bond acceptors (Lipinski definition) is 4. The van der Waals surface area contributed by atoms with Gasteiger partial charge in [0.2, 0.25) is 0 Å². The molecule has 0 aliphatic rings. The standard InChI is InChI=1S/C11H6BrFN2O2S/c12-7-1-2-11(14-6-7)18-10-4-8(13)3-9(5-10)15(16)17/h1-6H. The maximum Gasteiger partial charge on any atom is 0.273 e. The van der Waals surface area contributed by atoms with Crippen LogP contribution in [0, 0.1) is 15.9 Å². The lowest BCUT2D eigenvalue weighted by atomic mass is 10.3. The van der Waals surface area contributed by atoms with Gasteiger partial charge in [-0.1, -0.05) is 11.8 Å². The fourth-order valence-corrected chi connectivity index (χ4v) is 2.32. The molecule has 0 aliphatic heterocycles. The number of hydrogen-bond donors (Lipinski definition) is 0. The molecule has 0 fully saturated rings. The number of nitrogens with zero attached hydrogens (tertiary/aromatic N) is 2. The van der Waals surface area contributed by atoms with Crippen molar-refractivity contribution in [2.24, 2.45) is 0 Å². The molecule has 0 saturated heterocycles. The minimum Gasteiger partial charge on any atom is -0.258 e. The summed E-state index contributed by atoms with van der Waals surface area (Å²) in [5.41, 5.74) is -0.269. The molecule has 1 aromatic carbocycles. The molecule has 0 saturated carbocycles. The Bertz CT molecular complexity index is 592. The van der Waals surface area contributed by atoms with Gasteiger partial charge in [-0.3, -0.25) is 10.1 Å². The third-order valence-electron chi connectivity index (χ3n) is 1.99. The highest BCUT2D eigenvalue weighted by Gasteiger charge is 2.11. The zero-order valence-electron chi connectivity index (χ0n) is 8.84. The molecule has 0 N–H and O–H groups in total. The van der Waals surface area contributed by atoms with Crippen molar-refractivity contribution in [3.63, 3.8) is 0 Å². The smallest absolute Gasteiger partial charge is 0.258 e. The van der Waals surface area contributed by atoms with Crippen LogP contribution in [0.4, 0.5) is 10.1 Å². The minimum atomic E-state index is -0.635. The molecule has 1 aromatic heterocycles. The molecule has 0 spiro atoms. The summed E-state index contributed by atoms with van der Waals surface area (Å²) in [4.78, 5) is 14.5. The van der Waals surface area contributed by atoms with E-state index in [0.717, 1.165) is 10.5 Å². The molecular formula is C11H6BrFN2O2S. The Morgan fingerprint density at radius 1 is 1.33 bits per heavy atom. The number of benzene rings is 1. The Labute approximate surface area is 115 Å². The molecule has 18 heavy (non-hydrogen) atoms. The predicted molar refractivity (Wildman–Crippen MR) is 69.1 cm³/mol. The molecule has 0 bridgehead atoms. The van der Waals surface area contributed by atoms with Gasteiger partial charge in [0.05, 0.1) is 11.0 Å². The van der Waals surface area contributed by atoms with Gasteiger partial charge < -0.3 is 0 Å². The van der Waals surface area contributed by atoms with Crippen LogP contribution < -0.4 is 0 Å². The van der Waals surface area contributed by atoms with E-state index in [-0.39, 0.29) is 5.69 Å². The lowest BCUT2D eigenvalue weighted by molar-refractivity contribution is -0.385. The van der Waals surface area contributed by atoms with E-state index in [1.807, 2.05) is 0 Å². The Morgan fingerprint density at radius 2 is 2.11 bits per heavy atom. The molecule has 4 nitrogen and oxygen atoms in total. The summed E-state index contributed by atoms with van der Waals surface area (Å²) in [6, 6.07) is 6.98. The quantitative estimate of drug-likeness (QED) is 0.630. The average molecular weight is 329 g/mol. The van der Waals surface area contributed by atoms with Crippen molar-refractivity contribution >= 4 is 33.4 Å². The van der Waals surface area contributed by atoms with Gasteiger partial charge >= 0.3 is 0 Å². The second-order valence-electron chi connectivity index (χ2n) is 3.32. The Balaban J connectivity index is 2.28. The highest BCUT2D eigenvalue weighted by Crippen LogP contribution is 2.30. The summed E-state index contributed by atoms with van der Waals surface area (Å²) < 4.78 is 14.0. The van der Waals surface area contributed by atoms with Crippen LogP contribution >= 0.6 is 27.7 Å². The van der Waals surface area contributed by atoms with Crippen LogP contribution in [-0.4, -0.2) is 9.91 Å². The van der Waals surface area contributed by atoms with Crippen LogP contribution in [0.2, 0.25) is 0 Å². The van der Waals surface area contributed by atoms with Gasteiger partial charge in [0.1, 0.15) is 10.8 Å². The van der Waals surface area contributed by atoms with Gasteiger partial charge in [0.15, 0.2) is 0 Å². The molecule has 2 rings (SSSR count). The van der Waals surface area contributed by atoms with Crippen molar-refractivity contribution in [3.05, 3.63) is 56.9 Å². The van der Waals surface area contributed by atoms with Gasteiger partial charge in [-0.05, 0) is 34.1 Å². The molecule has 1 heterocycles. The van der Waals surface area contributed by atoms with Crippen LogP contribution in [0.3, 0.4) is 0 Å². The van der Waals surface area contributed by atoms with Gasteiger partial charge in [-0.2, -0.15) is 0 Å². The Morgan fingerprint density at radius 3 is 2.72 bits per heavy atom. The summed E-state index contributed by atoms with van der Waals surface area (Å²) >= 11 is 4.42. The number of rotatable bonds is 3. The number of halogens is 2. The fraction of sp³-hybridized carbons (Fsp3) is 0. The van der Waals surface area contributed by atoms with Crippen LogP contribution in [0.15, 0.2) is 50.9 Å². The molecule has 2 aromatic rings. The summed E-state index contributed by atoms with van der Waals surface area (Å²) in [7, 11) is 0. The summed E-state index contributed by atoms with van der Waals surface area (Å²) in [5, 5.41) is 11.2. The van der Waals surface area contributed by atoms with Crippen molar-refractivity contribution in [2.45, 2.75) is 9.92 Å². The van der Waals surface area contributed by atoms with E-state index in [1.54, 1.807) is 18.3 Å². The second-order valence-corrected chi connectivity index (χ2v) is 5.33. The van der Waals surface area contributed by atoms with Gasteiger partial charge in [0.25, 0.3) is 5.69 Å². The number of aromatic nitrogens is 1.